The molecular weight excluding hydrogens is 336 g/mol. The van der Waals surface area contributed by atoms with Crippen LogP contribution in [-0.4, -0.2) is 35.1 Å². The molecule has 2 N–H and O–H groups in total. The topological polar surface area (TPSA) is 76.1 Å². The summed E-state index contributed by atoms with van der Waals surface area (Å²) in [7, 11) is 0. The molecule has 0 aromatic carbocycles. The highest BCUT2D eigenvalue weighted by Crippen LogP contribution is 2.20. The second-order valence-electron chi connectivity index (χ2n) is 5.25. The van der Waals surface area contributed by atoms with Gasteiger partial charge in [-0.15, -0.1) is 11.3 Å². The van der Waals surface area contributed by atoms with Gasteiger partial charge >= 0.3 is 0 Å². The van der Waals surface area contributed by atoms with E-state index in [4.69, 9.17) is 16.3 Å². The summed E-state index contributed by atoms with van der Waals surface area (Å²) in [6, 6.07) is 3.53. The number of carbonyl (C=O) groups is 1. The van der Waals surface area contributed by atoms with Crippen molar-refractivity contribution in [2.45, 2.75) is 25.4 Å². The van der Waals surface area contributed by atoms with Crippen molar-refractivity contribution in [2.24, 2.45) is 0 Å². The van der Waals surface area contributed by atoms with Crippen molar-refractivity contribution >= 4 is 39.8 Å². The lowest BCUT2D eigenvalue weighted by molar-refractivity contribution is -0.121. The van der Waals surface area contributed by atoms with E-state index in [9.17, 15) is 4.79 Å². The third-order valence-electron chi connectivity index (χ3n) is 3.41. The molecule has 0 spiro atoms. The standard InChI is InChI=1S/C15H17ClN4O2S/c16-10-3-4-13(17-7-10)20-15-19-11(9-23-15)6-14(21)18-8-12-2-1-5-22-12/h3-4,7,9,12H,1-2,5-6,8H2,(H,18,21)(H,17,19,20). The van der Waals surface area contributed by atoms with Crippen LogP contribution in [0.4, 0.5) is 10.9 Å². The molecule has 6 nitrogen and oxygen atoms in total. The largest absolute Gasteiger partial charge is 0.376 e. The molecule has 1 atom stereocenters. The van der Waals surface area contributed by atoms with Crippen molar-refractivity contribution in [3.8, 4) is 0 Å². The van der Waals surface area contributed by atoms with E-state index in [1.807, 2.05) is 5.38 Å². The van der Waals surface area contributed by atoms with E-state index in [1.54, 1.807) is 18.3 Å². The SMILES string of the molecule is O=C(Cc1csc(Nc2ccc(Cl)cn2)n1)NCC1CCCO1. The van der Waals surface area contributed by atoms with E-state index < -0.39 is 0 Å². The second kappa shape index (κ2) is 7.72. The summed E-state index contributed by atoms with van der Waals surface area (Å²) >= 11 is 7.23. The van der Waals surface area contributed by atoms with E-state index >= 15 is 0 Å². The first-order valence-corrected chi connectivity index (χ1v) is 8.66. The molecule has 3 heterocycles. The first-order chi connectivity index (χ1) is 11.2. The molecule has 1 fully saturated rings. The second-order valence-corrected chi connectivity index (χ2v) is 6.54. The number of aromatic nitrogens is 2. The Kier molecular flexibility index (Phi) is 5.43. The Labute approximate surface area is 143 Å². The molecule has 8 heteroatoms. The Bertz CT molecular complexity index is 656. The van der Waals surface area contributed by atoms with Crippen LogP contribution in [0.2, 0.25) is 5.02 Å². The summed E-state index contributed by atoms with van der Waals surface area (Å²) in [6.07, 6.45) is 4.07. The number of hydrogen-bond donors (Lipinski definition) is 2. The minimum Gasteiger partial charge on any atom is -0.376 e. The fraction of sp³-hybridized carbons (Fsp3) is 0.400. The Hall–Kier alpha value is -1.70. The molecule has 1 saturated heterocycles. The lowest BCUT2D eigenvalue weighted by atomic mass is 10.2. The molecule has 0 bridgehead atoms. The zero-order chi connectivity index (χ0) is 16.1. The van der Waals surface area contributed by atoms with E-state index in [1.165, 1.54) is 11.3 Å². The van der Waals surface area contributed by atoms with Gasteiger partial charge in [0.15, 0.2) is 5.13 Å². The predicted molar refractivity (Wildman–Crippen MR) is 90.3 cm³/mol. The molecule has 1 aliphatic heterocycles. The van der Waals surface area contributed by atoms with Crippen LogP contribution in [0.5, 0.6) is 0 Å². The van der Waals surface area contributed by atoms with Gasteiger partial charge in [-0.05, 0) is 25.0 Å². The third kappa shape index (κ3) is 4.89. The highest BCUT2D eigenvalue weighted by Gasteiger charge is 2.16. The Morgan fingerprint density at radius 3 is 3.13 bits per heavy atom. The van der Waals surface area contributed by atoms with Gasteiger partial charge in [0, 0.05) is 24.7 Å². The molecule has 2 aromatic heterocycles. The van der Waals surface area contributed by atoms with Crippen LogP contribution in [-0.2, 0) is 16.0 Å². The maximum absolute atomic E-state index is 11.9. The molecule has 1 amide bonds. The Balaban J connectivity index is 1.48. The summed E-state index contributed by atoms with van der Waals surface area (Å²) in [5.74, 6) is 0.625. The van der Waals surface area contributed by atoms with Crippen molar-refractivity contribution in [3.05, 3.63) is 34.4 Å². The number of ether oxygens (including phenoxy) is 1. The number of carbonyl (C=O) groups excluding carboxylic acids is 1. The molecule has 1 unspecified atom stereocenters. The number of pyridine rings is 1. The zero-order valence-electron chi connectivity index (χ0n) is 12.4. The maximum Gasteiger partial charge on any atom is 0.226 e. The summed E-state index contributed by atoms with van der Waals surface area (Å²) in [6.45, 7) is 1.36. The van der Waals surface area contributed by atoms with Gasteiger partial charge in [-0.2, -0.15) is 0 Å². The fourth-order valence-electron chi connectivity index (χ4n) is 2.26. The summed E-state index contributed by atoms with van der Waals surface area (Å²) < 4.78 is 5.48. The van der Waals surface area contributed by atoms with Crippen molar-refractivity contribution < 1.29 is 9.53 Å². The van der Waals surface area contributed by atoms with Crippen molar-refractivity contribution in [3.63, 3.8) is 0 Å². The van der Waals surface area contributed by atoms with Crippen LogP contribution < -0.4 is 10.6 Å². The average Bonchev–Trinajstić information content (AvgIpc) is 3.20. The van der Waals surface area contributed by atoms with Crippen LogP contribution in [0.25, 0.3) is 0 Å². The number of amides is 1. The van der Waals surface area contributed by atoms with Crippen LogP contribution >= 0.6 is 22.9 Å². The number of halogens is 1. The normalized spacial score (nSPS) is 17.2. The minimum atomic E-state index is -0.0398. The van der Waals surface area contributed by atoms with Gasteiger partial charge in [-0.25, -0.2) is 9.97 Å². The van der Waals surface area contributed by atoms with Crippen LogP contribution in [0.1, 0.15) is 18.5 Å². The fourth-order valence-corrected chi connectivity index (χ4v) is 3.09. The van der Waals surface area contributed by atoms with Crippen molar-refractivity contribution in [1.82, 2.24) is 15.3 Å². The van der Waals surface area contributed by atoms with E-state index in [2.05, 4.69) is 20.6 Å². The van der Waals surface area contributed by atoms with E-state index in [-0.39, 0.29) is 18.4 Å². The van der Waals surface area contributed by atoms with Crippen LogP contribution in [0.3, 0.4) is 0 Å². The molecule has 122 valence electrons. The first kappa shape index (κ1) is 16.2. The smallest absolute Gasteiger partial charge is 0.226 e. The summed E-state index contributed by atoms with van der Waals surface area (Å²) in [5, 5.41) is 9.12. The molecule has 3 rings (SSSR count). The number of rotatable bonds is 6. The number of nitrogens with zero attached hydrogens (tertiary/aromatic N) is 2. The Morgan fingerprint density at radius 1 is 1.48 bits per heavy atom. The Morgan fingerprint density at radius 2 is 2.39 bits per heavy atom. The van der Waals surface area contributed by atoms with Crippen LogP contribution in [0.15, 0.2) is 23.7 Å². The number of thiazole rings is 1. The first-order valence-electron chi connectivity index (χ1n) is 7.40. The van der Waals surface area contributed by atoms with Gasteiger partial charge in [0.05, 0.1) is 23.2 Å². The summed E-state index contributed by atoms with van der Waals surface area (Å²) in [4.78, 5) is 20.5. The zero-order valence-corrected chi connectivity index (χ0v) is 14.0. The van der Waals surface area contributed by atoms with Gasteiger partial charge in [0.25, 0.3) is 0 Å². The number of anilines is 2. The highest BCUT2D eigenvalue weighted by atomic mass is 35.5. The van der Waals surface area contributed by atoms with E-state index in [0.29, 0.717) is 22.5 Å². The van der Waals surface area contributed by atoms with Crippen molar-refractivity contribution in [2.75, 3.05) is 18.5 Å². The monoisotopic (exact) mass is 352 g/mol. The van der Waals surface area contributed by atoms with Crippen molar-refractivity contribution in [1.29, 1.82) is 0 Å². The molecule has 0 saturated carbocycles. The molecule has 1 aliphatic rings. The molecule has 0 radical (unpaired) electrons. The average molecular weight is 353 g/mol. The quantitative estimate of drug-likeness (QED) is 0.836. The minimum absolute atomic E-state index is 0.0398. The van der Waals surface area contributed by atoms with Gasteiger partial charge in [0.1, 0.15) is 5.82 Å². The molecule has 2 aromatic rings. The van der Waals surface area contributed by atoms with Gasteiger partial charge < -0.3 is 15.4 Å². The molecular formula is C15H17ClN4O2S. The lowest BCUT2D eigenvalue weighted by Crippen LogP contribution is -2.32. The van der Waals surface area contributed by atoms with Gasteiger partial charge in [-0.1, -0.05) is 11.6 Å². The predicted octanol–water partition coefficient (Wildman–Crippen LogP) is 2.77. The lowest BCUT2D eigenvalue weighted by Gasteiger charge is -2.09. The van der Waals surface area contributed by atoms with Gasteiger partial charge in [0.2, 0.25) is 5.91 Å². The highest BCUT2D eigenvalue weighted by molar-refractivity contribution is 7.13. The maximum atomic E-state index is 11.9. The number of hydrogen-bond acceptors (Lipinski definition) is 6. The molecule has 23 heavy (non-hydrogen) atoms. The third-order valence-corrected chi connectivity index (χ3v) is 4.44. The van der Waals surface area contributed by atoms with Gasteiger partial charge in [-0.3, -0.25) is 4.79 Å². The molecule has 0 aliphatic carbocycles. The van der Waals surface area contributed by atoms with Crippen LogP contribution in [0, 0.1) is 0 Å². The summed E-state index contributed by atoms with van der Waals surface area (Å²) in [5.41, 5.74) is 0.733. The number of nitrogens with one attached hydrogen (secondary N) is 2. The van der Waals surface area contributed by atoms with E-state index in [0.717, 1.165) is 25.1 Å².